The van der Waals surface area contributed by atoms with E-state index in [9.17, 15) is 0 Å². The van der Waals surface area contributed by atoms with Crippen molar-refractivity contribution >= 4 is 43.4 Å². The van der Waals surface area contributed by atoms with E-state index < -0.39 is 0 Å². The molecule has 0 saturated carbocycles. The van der Waals surface area contributed by atoms with Gasteiger partial charge >= 0.3 is 0 Å². The topological polar surface area (TPSA) is 15.8 Å². The van der Waals surface area contributed by atoms with Crippen LogP contribution in [0, 0.1) is 13.8 Å². The summed E-state index contributed by atoms with van der Waals surface area (Å²) in [4.78, 5) is 3.58. The average Bonchev–Trinajstić information content (AvgIpc) is 3.18. The Kier molecular flexibility index (Phi) is 4.60. The number of para-hydroxylation sites is 1. The van der Waals surface area contributed by atoms with Crippen LogP contribution in [0.25, 0.3) is 54.5 Å². The van der Waals surface area contributed by atoms with Crippen molar-refractivity contribution in [1.82, 2.24) is 4.98 Å². The van der Waals surface area contributed by atoms with E-state index >= 15 is 0 Å². The third-order valence-corrected chi connectivity index (χ3v) is 6.31. The van der Waals surface area contributed by atoms with Crippen LogP contribution in [-0.2, 0) is 0 Å². The lowest BCUT2D eigenvalue weighted by atomic mass is 9.86. The van der Waals surface area contributed by atoms with Crippen LogP contribution in [0.1, 0.15) is 11.1 Å². The van der Waals surface area contributed by atoms with Gasteiger partial charge in [0.05, 0.1) is 0 Å². The fraction of sp³-hybridized carbons (Fsp3) is 0.0667. The molecule has 1 N–H and O–H groups in total. The lowest BCUT2D eigenvalue weighted by Crippen LogP contribution is -1.92. The molecule has 0 fully saturated rings. The maximum absolute atomic E-state index is 3.58. The minimum atomic E-state index is 1.19. The number of fused-ring (bicyclic) bond motifs is 6. The molecule has 0 aliphatic carbocycles. The Bertz CT molecular complexity index is 1580. The predicted molar refractivity (Wildman–Crippen MR) is 137 cm³/mol. The molecular weight excluding hydrogens is 374 g/mol. The lowest BCUT2D eigenvalue weighted by Gasteiger charge is -2.17. The highest BCUT2D eigenvalue weighted by Gasteiger charge is 2.16. The third-order valence-electron chi connectivity index (χ3n) is 6.31. The molecule has 1 nitrogen and oxygen atoms in total. The minimum Gasteiger partial charge on any atom is -0.355 e. The molecule has 0 bridgehead atoms. The Hall–Kier alpha value is -3.84. The molecule has 0 aliphatic rings. The van der Waals surface area contributed by atoms with E-state index in [-0.39, 0.29) is 0 Å². The van der Waals surface area contributed by atoms with Gasteiger partial charge in [-0.2, -0.15) is 0 Å². The van der Waals surface area contributed by atoms with Crippen molar-refractivity contribution in [2.75, 3.05) is 0 Å². The van der Waals surface area contributed by atoms with Crippen LogP contribution >= 0.6 is 0 Å². The van der Waals surface area contributed by atoms with Gasteiger partial charge in [0.15, 0.2) is 0 Å². The van der Waals surface area contributed by atoms with Crippen molar-refractivity contribution in [3.05, 3.63) is 109 Å². The fourth-order valence-electron chi connectivity index (χ4n) is 4.94. The zero-order valence-corrected chi connectivity index (χ0v) is 18.0. The zero-order valence-electron chi connectivity index (χ0n) is 18.0. The van der Waals surface area contributed by atoms with E-state index in [1.165, 1.54) is 65.6 Å². The summed E-state index contributed by atoms with van der Waals surface area (Å²) in [6, 6.07) is 30.8. The second kappa shape index (κ2) is 7.45. The second-order valence-corrected chi connectivity index (χ2v) is 7.97. The van der Waals surface area contributed by atoms with Gasteiger partial charge in [-0.1, -0.05) is 66.7 Å². The number of H-pyrrole nitrogens is 1. The summed E-state index contributed by atoms with van der Waals surface area (Å²) >= 11 is 0. The van der Waals surface area contributed by atoms with Crippen LogP contribution in [-0.4, -0.2) is 4.98 Å². The largest absolute Gasteiger partial charge is 0.355 e. The van der Waals surface area contributed by atoms with E-state index in [4.69, 9.17) is 0 Å². The fourth-order valence-corrected chi connectivity index (χ4v) is 4.94. The maximum Gasteiger partial charge on any atom is 0.0467 e. The molecule has 6 aromatic rings. The van der Waals surface area contributed by atoms with Crippen molar-refractivity contribution in [3.63, 3.8) is 0 Å². The summed E-state index contributed by atoms with van der Waals surface area (Å²) in [6.07, 6.45) is 0. The molecular formula is C30H25N. The van der Waals surface area contributed by atoms with Gasteiger partial charge in [0, 0.05) is 21.8 Å². The first-order chi connectivity index (χ1) is 15.2. The van der Waals surface area contributed by atoms with Gasteiger partial charge in [-0.25, -0.2) is 0 Å². The molecule has 5 aromatic carbocycles. The summed E-state index contributed by atoms with van der Waals surface area (Å²) in [5.41, 5.74) is 7.72. The number of aromatic amines is 1. The molecule has 1 heterocycles. The SMILES string of the molecule is C=C.Cc1cc2[nH]c3ccccc3c2cc1-c1c(C)c2ccccc2c2ccccc12. The van der Waals surface area contributed by atoms with Crippen molar-refractivity contribution in [2.45, 2.75) is 13.8 Å². The normalized spacial score (nSPS) is 11.2. The van der Waals surface area contributed by atoms with Crippen LogP contribution < -0.4 is 0 Å². The Morgan fingerprint density at radius 3 is 1.81 bits per heavy atom. The zero-order chi connectivity index (χ0) is 21.5. The second-order valence-electron chi connectivity index (χ2n) is 7.97. The van der Waals surface area contributed by atoms with Gasteiger partial charge in [0.1, 0.15) is 0 Å². The Morgan fingerprint density at radius 1 is 0.548 bits per heavy atom. The number of hydrogen-bond donors (Lipinski definition) is 1. The smallest absolute Gasteiger partial charge is 0.0467 e. The van der Waals surface area contributed by atoms with Crippen molar-refractivity contribution in [3.8, 4) is 11.1 Å². The number of aryl methyl sites for hydroxylation is 2. The highest BCUT2D eigenvalue weighted by atomic mass is 14.7. The van der Waals surface area contributed by atoms with E-state index in [0.29, 0.717) is 0 Å². The van der Waals surface area contributed by atoms with Crippen molar-refractivity contribution in [1.29, 1.82) is 0 Å². The van der Waals surface area contributed by atoms with Crippen LogP contribution in [0.4, 0.5) is 0 Å². The van der Waals surface area contributed by atoms with Crippen LogP contribution in [0.3, 0.4) is 0 Å². The van der Waals surface area contributed by atoms with E-state index in [1.54, 1.807) is 0 Å². The summed E-state index contributed by atoms with van der Waals surface area (Å²) in [5, 5.41) is 7.88. The van der Waals surface area contributed by atoms with Crippen molar-refractivity contribution in [2.24, 2.45) is 0 Å². The molecule has 1 heteroatoms. The maximum atomic E-state index is 3.58. The molecule has 0 unspecified atom stereocenters. The van der Waals surface area contributed by atoms with Crippen molar-refractivity contribution < 1.29 is 0 Å². The number of aromatic nitrogens is 1. The predicted octanol–water partition coefficient (Wildman–Crippen LogP) is 8.71. The molecule has 150 valence electrons. The van der Waals surface area contributed by atoms with Crippen LogP contribution in [0.2, 0.25) is 0 Å². The van der Waals surface area contributed by atoms with Gasteiger partial charge in [0.25, 0.3) is 0 Å². The number of nitrogens with one attached hydrogen (secondary N) is 1. The molecule has 0 radical (unpaired) electrons. The molecule has 0 saturated heterocycles. The van der Waals surface area contributed by atoms with E-state index in [2.05, 4.69) is 117 Å². The average molecular weight is 400 g/mol. The summed E-state index contributed by atoms with van der Waals surface area (Å²) < 4.78 is 0. The molecule has 0 aliphatic heterocycles. The summed E-state index contributed by atoms with van der Waals surface area (Å²) in [7, 11) is 0. The number of rotatable bonds is 1. The summed E-state index contributed by atoms with van der Waals surface area (Å²) in [6.45, 7) is 10.5. The van der Waals surface area contributed by atoms with Gasteiger partial charge in [-0.3, -0.25) is 0 Å². The minimum absolute atomic E-state index is 1.19. The molecule has 0 atom stereocenters. The lowest BCUT2D eigenvalue weighted by molar-refractivity contribution is 1.45. The highest BCUT2D eigenvalue weighted by molar-refractivity contribution is 6.17. The third kappa shape index (κ3) is 2.85. The van der Waals surface area contributed by atoms with E-state index in [1.807, 2.05) is 0 Å². The molecule has 1 aromatic heterocycles. The number of benzene rings is 5. The Labute approximate surface area is 182 Å². The van der Waals surface area contributed by atoms with Gasteiger partial charge in [0.2, 0.25) is 0 Å². The highest BCUT2D eigenvalue weighted by Crippen LogP contribution is 2.41. The summed E-state index contributed by atoms with van der Waals surface area (Å²) in [5.74, 6) is 0. The Morgan fingerprint density at radius 2 is 1.10 bits per heavy atom. The standard InChI is InChI=1S/C28H21N.C2H4/c1-17-15-27-25(22-12-7-8-14-26(22)29-27)16-24(17)28-18(2)19-9-3-4-10-20(19)21-11-5-6-13-23(21)28;1-2/h3-16,29H,1-2H3;1-2H2. The van der Waals surface area contributed by atoms with Gasteiger partial charge in [-0.05, 0) is 75.8 Å². The first kappa shape index (κ1) is 19.1. The molecule has 31 heavy (non-hydrogen) atoms. The molecule has 0 amide bonds. The first-order valence-electron chi connectivity index (χ1n) is 10.6. The van der Waals surface area contributed by atoms with Crippen LogP contribution in [0.5, 0.6) is 0 Å². The van der Waals surface area contributed by atoms with Crippen LogP contribution in [0.15, 0.2) is 98.1 Å². The van der Waals surface area contributed by atoms with Gasteiger partial charge in [-0.15, -0.1) is 13.2 Å². The molecule has 6 rings (SSSR count). The Balaban J connectivity index is 0.000000994. The molecule has 0 spiro atoms. The quantitative estimate of drug-likeness (QED) is 0.210. The first-order valence-corrected chi connectivity index (χ1v) is 10.6. The van der Waals surface area contributed by atoms with Gasteiger partial charge < -0.3 is 4.98 Å². The monoisotopic (exact) mass is 399 g/mol. The number of hydrogen-bond acceptors (Lipinski definition) is 0. The van der Waals surface area contributed by atoms with E-state index in [0.717, 1.165) is 0 Å².